The largest absolute Gasteiger partial charge is 0.388 e. The Morgan fingerprint density at radius 2 is 2.17 bits per heavy atom. The Labute approximate surface area is 138 Å². The molecule has 1 amide bonds. The van der Waals surface area contributed by atoms with Gasteiger partial charge in [-0.25, -0.2) is 9.37 Å². The second-order valence-corrected chi connectivity index (χ2v) is 5.57. The molecule has 1 atom stereocenters. The average Bonchev–Trinajstić information content (AvgIpc) is 2.97. The highest BCUT2D eigenvalue weighted by Crippen LogP contribution is 2.17. The number of nitrogens with zero attached hydrogens (tertiary/aromatic N) is 2. The molecule has 24 heavy (non-hydrogen) atoms. The third kappa shape index (κ3) is 3.97. The molecule has 0 spiro atoms. The van der Waals surface area contributed by atoms with Gasteiger partial charge in [-0.05, 0) is 29.8 Å². The van der Waals surface area contributed by atoms with Gasteiger partial charge in [0.05, 0.1) is 18.2 Å². The van der Waals surface area contributed by atoms with Crippen LogP contribution in [0.5, 0.6) is 0 Å². The number of fused-ring (bicyclic) bond motifs is 1. The van der Waals surface area contributed by atoms with E-state index in [1.807, 2.05) is 35.0 Å². The molecule has 3 rings (SSSR count). The lowest BCUT2D eigenvalue weighted by atomic mass is 10.1. The molecule has 124 valence electrons. The molecular weight excluding hydrogens is 309 g/mol. The van der Waals surface area contributed by atoms with Gasteiger partial charge in [-0.1, -0.05) is 18.2 Å². The Kier molecular flexibility index (Phi) is 4.86. The quantitative estimate of drug-likeness (QED) is 0.730. The van der Waals surface area contributed by atoms with Crippen LogP contribution >= 0.6 is 0 Å². The Morgan fingerprint density at radius 3 is 2.96 bits per heavy atom. The molecule has 1 unspecified atom stereocenters. The number of rotatable bonds is 6. The molecule has 1 aromatic carbocycles. The van der Waals surface area contributed by atoms with Gasteiger partial charge in [0.1, 0.15) is 11.5 Å². The average molecular weight is 327 g/mol. The zero-order chi connectivity index (χ0) is 16.9. The first-order valence-corrected chi connectivity index (χ1v) is 7.74. The molecule has 0 radical (unpaired) electrons. The van der Waals surface area contributed by atoms with E-state index in [-0.39, 0.29) is 12.3 Å². The van der Waals surface area contributed by atoms with Crippen LogP contribution in [0.4, 0.5) is 4.39 Å². The van der Waals surface area contributed by atoms with E-state index in [2.05, 4.69) is 10.3 Å². The first kappa shape index (κ1) is 16.1. The summed E-state index contributed by atoms with van der Waals surface area (Å²) >= 11 is 0. The maximum absolute atomic E-state index is 13.1. The van der Waals surface area contributed by atoms with Crippen LogP contribution in [-0.4, -0.2) is 26.9 Å². The second kappa shape index (κ2) is 7.23. The summed E-state index contributed by atoms with van der Waals surface area (Å²) in [4.78, 5) is 16.3. The lowest BCUT2D eigenvalue weighted by molar-refractivity contribution is -0.123. The number of aliphatic hydroxyl groups is 1. The van der Waals surface area contributed by atoms with Crippen molar-refractivity contribution in [1.82, 2.24) is 14.7 Å². The molecule has 0 saturated carbocycles. The number of hydrogen-bond donors (Lipinski definition) is 2. The Bertz CT molecular complexity index is 814. The summed E-state index contributed by atoms with van der Waals surface area (Å²) in [6.45, 7) is 0.429. The van der Waals surface area contributed by atoms with Gasteiger partial charge < -0.3 is 14.8 Å². The van der Waals surface area contributed by atoms with Crippen molar-refractivity contribution in [2.75, 3.05) is 6.54 Å². The molecule has 0 aliphatic carbocycles. The minimum absolute atomic E-state index is 0.103. The Morgan fingerprint density at radius 1 is 1.29 bits per heavy atom. The third-order valence-corrected chi connectivity index (χ3v) is 3.73. The van der Waals surface area contributed by atoms with Crippen LogP contribution in [0.3, 0.4) is 0 Å². The van der Waals surface area contributed by atoms with Crippen molar-refractivity contribution in [3.05, 3.63) is 71.9 Å². The molecular formula is C18H18FN3O2. The van der Waals surface area contributed by atoms with Crippen molar-refractivity contribution in [1.29, 1.82) is 0 Å². The number of amides is 1. The molecule has 2 aromatic heterocycles. The molecule has 3 aromatic rings. The van der Waals surface area contributed by atoms with Crippen LogP contribution < -0.4 is 5.32 Å². The van der Waals surface area contributed by atoms with E-state index in [0.717, 1.165) is 11.3 Å². The summed E-state index contributed by atoms with van der Waals surface area (Å²) in [7, 11) is 0. The molecule has 0 fully saturated rings. The zero-order valence-electron chi connectivity index (χ0n) is 13.0. The minimum Gasteiger partial charge on any atom is -0.388 e. The van der Waals surface area contributed by atoms with Gasteiger partial charge >= 0.3 is 0 Å². The van der Waals surface area contributed by atoms with E-state index in [1.165, 1.54) is 18.2 Å². The predicted molar refractivity (Wildman–Crippen MR) is 87.9 cm³/mol. The molecule has 0 aliphatic heterocycles. The van der Waals surface area contributed by atoms with Gasteiger partial charge in [-0.2, -0.15) is 0 Å². The standard InChI is InChI=1S/C18H18FN3O2/c19-14-5-3-4-13(10-14)16(23)11-18(24)20-8-7-15-12-22-9-2-1-6-17(22)21-15/h1-6,9-10,12,16,23H,7-8,11H2,(H,20,24). The van der Waals surface area contributed by atoms with Crippen LogP contribution in [0.25, 0.3) is 5.65 Å². The summed E-state index contributed by atoms with van der Waals surface area (Å²) in [5, 5.41) is 12.7. The number of carbonyl (C=O) groups is 1. The molecule has 6 heteroatoms. The number of aliphatic hydroxyl groups excluding tert-OH is 1. The van der Waals surface area contributed by atoms with E-state index in [9.17, 15) is 14.3 Å². The molecule has 0 bridgehead atoms. The maximum atomic E-state index is 13.1. The molecule has 2 N–H and O–H groups in total. The maximum Gasteiger partial charge on any atom is 0.222 e. The van der Waals surface area contributed by atoms with E-state index in [0.29, 0.717) is 18.5 Å². The molecule has 0 saturated heterocycles. The molecule has 5 nitrogen and oxygen atoms in total. The number of hydrogen-bond acceptors (Lipinski definition) is 3. The second-order valence-electron chi connectivity index (χ2n) is 5.57. The summed E-state index contributed by atoms with van der Waals surface area (Å²) in [6.07, 6.45) is 3.32. The van der Waals surface area contributed by atoms with Gasteiger partial charge in [0, 0.05) is 25.4 Å². The number of nitrogens with one attached hydrogen (secondary N) is 1. The lowest BCUT2D eigenvalue weighted by Crippen LogP contribution is -2.27. The predicted octanol–water partition coefficient (Wildman–Crippen LogP) is 2.26. The first-order chi connectivity index (χ1) is 11.6. The SMILES string of the molecule is O=C(CC(O)c1cccc(F)c1)NCCc1cn2ccccc2n1. The van der Waals surface area contributed by atoms with Crippen LogP contribution in [0.1, 0.15) is 23.8 Å². The number of benzene rings is 1. The zero-order valence-corrected chi connectivity index (χ0v) is 13.0. The molecule has 0 aliphatic rings. The fraction of sp³-hybridized carbons (Fsp3) is 0.222. The van der Waals surface area contributed by atoms with E-state index >= 15 is 0 Å². The van der Waals surface area contributed by atoms with Crippen molar-refractivity contribution in [3.8, 4) is 0 Å². The van der Waals surface area contributed by atoms with Crippen LogP contribution in [-0.2, 0) is 11.2 Å². The van der Waals surface area contributed by atoms with Gasteiger partial charge in [0.25, 0.3) is 0 Å². The Hall–Kier alpha value is -2.73. The van der Waals surface area contributed by atoms with Crippen molar-refractivity contribution in [2.24, 2.45) is 0 Å². The highest BCUT2D eigenvalue weighted by Gasteiger charge is 2.13. The Balaban J connectivity index is 1.48. The first-order valence-electron chi connectivity index (χ1n) is 7.74. The summed E-state index contributed by atoms with van der Waals surface area (Å²) < 4.78 is 15.0. The highest BCUT2D eigenvalue weighted by atomic mass is 19.1. The lowest BCUT2D eigenvalue weighted by Gasteiger charge is -2.11. The summed E-state index contributed by atoms with van der Waals surface area (Å²) in [6, 6.07) is 11.4. The molecule has 2 heterocycles. The van der Waals surface area contributed by atoms with Gasteiger partial charge in [0.2, 0.25) is 5.91 Å². The highest BCUT2D eigenvalue weighted by molar-refractivity contribution is 5.76. The van der Waals surface area contributed by atoms with Gasteiger partial charge in [0.15, 0.2) is 0 Å². The summed E-state index contributed by atoms with van der Waals surface area (Å²) in [5.41, 5.74) is 2.14. The van der Waals surface area contributed by atoms with Crippen LogP contribution in [0, 0.1) is 5.82 Å². The fourth-order valence-electron chi connectivity index (χ4n) is 2.52. The summed E-state index contributed by atoms with van der Waals surface area (Å²) in [5.74, 6) is -0.714. The van der Waals surface area contributed by atoms with Gasteiger partial charge in [-0.15, -0.1) is 0 Å². The number of carbonyl (C=O) groups excluding carboxylic acids is 1. The van der Waals surface area contributed by atoms with Crippen LogP contribution in [0.15, 0.2) is 54.9 Å². The van der Waals surface area contributed by atoms with Crippen molar-refractivity contribution < 1.29 is 14.3 Å². The van der Waals surface area contributed by atoms with Crippen molar-refractivity contribution in [2.45, 2.75) is 18.9 Å². The van der Waals surface area contributed by atoms with E-state index < -0.39 is 11.9 Å². The number of pyridine rings is 1. The van der Waals surface area contributed by atoms with Crippen molar-refractivity contribution in [3.63, 3.8) is 0 Å². The number of imidazole rings is 1. The smallest absolute Gasteiger partial charge is 0.222 e. The normalized spacial score (nSPS) is 12.2. The third-order valence-electron chi connectivity index (χ3n) is 3.73. The van der Waals surface area contributed by atoms with Gasteiger partial charge in [-0.3, -0.25) is 4.79 Å². The monoisotopic (exact) mass is 327 g/mol. The fourth-order valence-corrected chi connectivity index (χ4v) is 2.52. The number of halogens is 1. The minimum atomic E-state index is -1.02. The topological polar surface area (TPSA) is 66.6 Å². The van der Waals surface area contributed by atoms with E-state index in [1.54, 1.807) is 6.07 Å². The van der Waals surface area contributed by atoms with Crippen LogP contribution in [0.2, 0.25) is 0 Å². The number of aromatic nitrogens is 2. The van der Waals surface area contributed by atoms with E-state index in [4.69, 9.17) is 0 Å². The van der Waals surface area contributed by atoms with Crippen molar-refractivity contribution >= 4 is 11.6 Å².